The third-order valence-corrected chi connectivity index (χ3v) is 4.68. The van der Waals surface area contributed by atoms with Gasteiger partial charge in [0.25, 0.3) is 0 Å². The Bertz CT molecular complexity index is 511. The summed E-state index contributed by atoms with van der Waals surface area (Å²) in [6.45, 7) is 0.686. The van der Waals surface area contributed by atoms with Gasteiger partial charge in [-0.1, -0.05) is 36.8 Å². The molecule has 0 unspecified atom stereocenters. The summed E-state index contributed by atoms with van der Waals surface area (Å²) in [5.41, 5.74) is 1.36. The lowest BCUT2D eigenvalue weighted by atomic mass is 9.86. The Morgan fingerprint density at radius 2 is 1.71 bits per heavy atom. The van der Waals surface area contributed by atoms with E-state index in [9.17, 15) is 9.59 Å². The van der Waals surface area contributed by atoms with Gasteiger partial charge in [0.15, 0.2) is 0 Å². The van der Waals surface area contributed by atoms with Crippen LogP contribution in [-0.2, 0) is 11.2 Å². The van der Waals surface area contributed by atoms with Crippen LogP contribution in [0.5, 0.6) is 0 Å². The molecule has 132 valence electrons. The van der Waals surface area contributed by atoms with E-state index in [1.807, 2.05) is 6.07 Å². The molecule has 3 N–H and O–H groups in total. The van der Waals surface area contributed by atoms with Crippen molar-refractivity contribution >= 4 is 12.0 Å². The maximum absolute atomic E-state index is 11.8. The fourth-order valence-electron chi connectivity index (χ4n) is 3.20. The Hall–Kier alpha value is -2.04. The SMILES string of the molecule is O=C(NCCCCCc1ccccc1)NC1CCC(C(=O)O)CC1. The van der Waals surface area contributed by atoms with Crippen molar-refractivity contribution in [2.45, 2.75) is 57.4 Å². The van der Waals surface area contributed by atoms with E-state index in [2.05, 4.69) is 34.9 Å². The molecule has 5 nitrogen and oxygen atoms in total. The van der Waals surface area contributed by atoms with Gasteiger partial charge in [0, 0.05) is 12.6 Å². The van der Waals surface area contributed by atoms with Crippen molar-refractivity contribution < 1.29 is 14.7 Å². The zero-order valence-electron chi connectivity index (χ0n) is 14.2. The van der Waals surface area contributed by atoms with E-state index in [1.165, 1.54) is 5.56 Å². The number of carbonyl (C=O) groups is 2. The second-order valence-corrected chi connectivity index (χ2v) is 6.58. The number of urea groups is 1. The highest BCUT2D eigenvalue weighted by atomic mass is 16.4. The molecule has 0 radical (unpaired) electrons. The van der Waals surface area contributed by atoms with Crippen LogP contribution in [0.1, 0.15) is 50.5 Å². The fraction of sp³-hybridized carbons (Fsp3) is 0.579. The number of unbranched alkanes of at least 4 members (excludes halogenated alkanes) is 2. The number of aliphatic carboxylic acids is 1. The number of carboxylic acids is 1. The lowest BCUT2D eigenvalue weighted by Crippen LogP contribution is -2.44. The normalized spacial score (nSPS) is 20.3. The number of nitrogens with one attached hydrogen (secondary N) is 2. The standard InChI is InChI=1S/C19H28N2O3/c22-18(23)16-10-12-17(13-11-16)21-19(24)20-14-6-2-5-9-15-7-3-1-4-8-15/h1,3-4,7-8,16-17H,2,5-6,9-14H2,(H,22,23)(H2,20,21,24). The van der Waals surface area contributed by atoms with Gasteiger partial charge in [0.2, 0.25) is 0 Å². The van der Waals surface area contributed by atoms with Crippen molar-refractivity contribution in [2.24, 2.45) is 5.92 Å². The molecule has 0 atom stereocenters. The van der Waals surface area contributed by atoms with Gasteiger partial charge < -0.3 is 15.7 Å². The van der Waals surface area contributed by atoms with Gasteiger partial charge in [0.1, 0.15) is 0 Å². The molecular formula is C19H28N2O3. The Balaban J connectivity index is 1.49. The Labute approximate surface area is 143 Å². The van der Waals surface area contributed by atoms with Crippen LogP contribution in [0.4, 0.5) is 4.79 Å². The number of aryl methyl sites for hydroxylation is 1. The van der Waals surface area contributed by atoms with Gasteiger partial charge in [0.05, 0.1) is 5.92 Å². The molecule has 0 saturated heterocycles. The van der Waals surface area contributed by atoms with Crippen molar-refractivity contribution in [3.05, 3.63) is 35.9 Å². The molecule has 0 aliphatic heterocycles. The Morgan fingerprint density at radius 1 is 1.00 bits per heavy atom. The average molecular weight is 332 g/mol. The van der Waals surface area contributed by atoms with Crippen LogP contribution in [0.3, 0.4) is 0 Å². The van der Waals surface area contributed by atoms with Crippen LogP contribution >= 0.6 is 0 Å². The van der Waals surface area contributed by atoms with Gasteiger partial charge in [-0.15, -0.1) is 0 Å². The van der Waals surface area contributed by atoms with Gasteiger partial charge >= 0.3 is 12.0 Å². The zero-order valence-corrected chi connectivity index (χ0v) is 14.2. The monoisotopic (exact) mass is 332 g/mol. The zero-order chi connectivity index (χ0) is 17.2. The number of hydrogen-bond donors (Lipinski definition) is 3. The summed E-state index contributed by atoms with van der Waals surface area (Å²) in [5.74, 6) is -0.955. The molecule has 0 spiro atoms. The lowest BCUT2D eigenvalue weighted by Gasteiger charge is -2.26. The van der Waals surface area contributed by atoms with Crippen LogP contribution in [0.2, 0.25) is 0 Å². The molecule has 0 aromatic heterocycles. The molecule has 2 amide bonds. The first-order valence-electron chi connectivity index (χ1n) is 8.96. The van der Waals surface area contributed by atoms with Gasteiger partial charge in [-0.05, 0) is 50.5 Å². The summed E-state index contributed by atoms with van der Waals surface area (Å²) in [7, 11) is 0. The smallest absolute Gasteiger partial charge is 0.315 e. The number of carbonyl (C=O) groups excluding carboxylic acids is 1. The number of benzene rings is 1. The second kappa shape index (κ2) is 9.96. The minimum Gasteiger partial charge on any atom is -0.481 e. The van der Waals surface area contributed by atoms with E-state index in [-0.39, 0.29) is 18.0 Å². The molecule has 1 saturated carbocycles. The first-order valence-corrected chi connectivity index (χ1v) is 8.96. The molecule has 1 aliphatic carbocycles. The quantitative estimate of drug-likeness (QED) is 0.639. The highest BCUT2D eigenvalue weighted by Gasteiger charge is 2.26. The highest BCUT2D eigenvalue weighted by Crippen LogP contribution is 2.24. The summed E-state index contributed by atoms with van der Waals surface area (Å²) in [6.07, 6.45) is 7.10. The van der Waals surface area contributed by atoms with E-state index >= 15 is 0 Å². The van der Waals surface area contributed by atoms with Gasteiger partial charge in [-0.25, -0.2) is 4.79 Å². The topological polar surface area (TPSA) is 78.4 Å². The number of amides is 2. The molecule has 0 bridgehead atoms. The largest absolute Gasteiger partial charge is 0.481 e. The Kier molecular flexibility index (Phi) is 7.59. The van der Waals surface area contributed by atoms with Gasteiger partial charge in [-0.2, -0.15) is 0 Å². The summed E-state index contributed by atoms with van der Waals surface area (Å²) in [6, 6.07) is 10.4. The van der Waals surface area contributed by atoms with E-state index in [0.29, 0.717) is 19.4 Å². The third kappa shape index (κ3) is 6.60. The van der Waals surface area contributed by atoms with Crippen LogP contribution in [0, 0.1) is 5.92 Å². The minimum atomic E-state index is -0.714. The van der Waals surface area contributed by atoms with E-state index in [1.54, 1.807) is 0 Å². The number of hydrogen-bond acceptors (Lipinski definition) is 2. The molecule has 1 aliphatic rings. The molecule has 2 rings (SSSR count). The average Bonchev–Trinajstić information content (AvgIpc) is 2.59. The second-order valence-electron chi connectivity index (χ2n) is 6.58. The summed E-state index contributed by atoms with van der Waals surface area (Å²) in [5, 5.41) is 14.8. The maximum Gasteiger partial charge on any atom is 0.315 e. The molecule has 24 heavy (non-hydrogen) atoms. The number of rotatable bonds is 8. The molecule has 1 fully saturated rings. The van der Waals surface area contributed by atoms with Crippen LogP contribution in [-0.4, -0.2) is 29.7 Å². The lowest BCUT2D eigenvalue weighted by molar-refractivity contribution is -0.142. The predicted molar refractivity (Wildman–Crippen MR) is 93.9 cm³/mol. The van der Waals surface area contributed by atoms with E-state index in [0.717, 1.165) is 38.5 Å². The molecule has 1 aromatic carbocycles. The van der Waals surface area contributed by atoms with Crippen molar-refractivity contribution in [2.75, 3.05) is 6.54 Å². The third-order valence-electron chi connectivity index (χ3n) is 4.68. The number of carboxylic acid groups (broad SMARTS) is 1. The molecular weight excluding hydrogens is 304 g/mol. The van der Waals surface area contributed by atoms with Crippen molar-refractivity contribution in [1.29, 1.82) is 0 Å². The predicted octanol–water partition coefficient (Wildman–Crippen LogP) is 3.34. The van der Waals surface area contributed by atoms with E-state index in [4.69, 9.17) is 5.11 Å². The summed E-state index contributed by atoms with van der Waals surface area (Å²) >= 11 is 0. The van der Waals surface area contributed by atoms with E-state index < -0.39 is 5.97 Å². The van der Waals surface area contributed by atoms with Crippen LogP contribution < -0.4 is 10.6 Å². The minimum absolute atomic E-state index is 0.110. The Morgan fingerprint density at radius 3 is 2.38 bits per heavy atom. The molecule has 5 heteroatoms. The van der Waals surface area contributed by atoms with Gasteiger partial charge in [-0.3, -0.25) is 4.79 Å². The van der Waals surface area contributed by atoms with Crippen molar-refractivity contribution in [3.8, 4) is 0 Å². The van der Waals surface area contributed by atoms with Crippen molar-refractivity contribution in [1.82, 2.24) is 10.6 Å². The fourth-order valence-corrected chi connectivity index (χ4v) is 3.20. The molecule has 0 heterocycles. The summed E-state index contributed by atoms with van der Waals surface area (Å²) < 4.78 is 0. The highest BCUT2D eigenvalue weighted by molar-refractivity contribution is 5.74. The summed E-state index contributed by atoms with van der Waals surface area (Å²) in [4.78, 5) is 22.7. The molecule has 1 aromatic rings. The first kappa shape index (κ1) is 18.3. The van der Waals surface area contributed by atoms with Crippen LogP contribution in [0.25, 0.3) is 0 Å². The van der Waals surface area contributed by atoms with Crippen molar-refractivity contribution in [3.63, 3.8) is 0 Å². The first-order chi connectivity index (χ1) is 11.6. The maximum atomic E-state index is 11.8. The van der Waals surface area contributed by atoms with Crippen LogP contribution in [0.15, 0.2) is 30.3 Å².